The number of ether oxygens (including phenoxy) is 1. The average molecular weight is 231 g/mol. The predicted octanol–water partition coefficient (Wildman–Crippen LogP) is 1.77. The van der Waals surface area contributed by atoms with Gasteiger partial charge in [0.05, 0.1) is 11.9 Å². The molecule has 5 heteroatoms. The van der Waals surface area contributed by atoms with Crippen LogP contribution in [0.4, 0.5) is 5.82 Å². The molecule has 0 aliphatic rings. The van der Waals surface area contributed by atoms with Gasteiger partial charge in [-0.1, -0.05) is 6.92 Å². The number of carbonyl (C=O) groups excluding carboxylic acids is 1. The topological polar surface area (TPSA) is 70.1 Å². The molecule has 1 heterocycles. The van der Waals surface area contributed by atoms with E-state index < -0.39 is 0 Å². The summed E-state index contributed by atoms with van der Waals surface area (Å²) >= 11 is 0. The second-order valence-corrected chi connectivity index (χ2v) is 3.49. The molecule has 0 aliphatic carbocycles. The molecule has 17 heavy (non-hydrogen) atoms. The van der Waals surface area contributed by atoms with E-state index in [1.165, 1.54) is 0 Å². The second-order valence-electron chi connectivity index (χ2n) is 3.49. The molecule has 1 aromatic heterocycles. The Kier molecular flexibility index (Phi) is 3.09. The lowest BCUT2D eigenvalue weighted by molar-refractivity contribution is -0.134. The smallest absolute Gasteiger partial charge is 0.310 e. The molecule has 5 nitrogen and oxygen atoms in total. The Balaban J connectivity index is 2.19. The number of rotatable bonds is 3. The fourth-order valence-corrected chi connectivity index (χ4v) is 1.39. The van der Waals surface area contributed by atoms with E-state index in [9.17, 15) is 4.79 Å². The minimum Gasteiger partial charge on any atom is -0.427 e. The van der Waals surface area contributed by atoms with Crippen LogP contribution in [-0.2, 0) is 4.79 Å². The van der Waals surface area contributed by atoms with Crippen LogP contribution < -0.4 is 10.5 Å². The zero-order chi connectivity index (χ0) is 12.3. The first-order chi connectivity index (χ1) is 8.20. The van der Waals surface area contributed by atoms with Crippen LogP contribution in [0.3, 0.4) is 0 Å². The molecule has 0 unspecified atom stereocenters. The van der Waals surface area contributed by atoms with Gasteiger partial charge in [0.15, 0.2) is 0 Å². The first kappa shape index (κ1) is 11.2. The van der Waals surface area contributed by atoms with E-state index in [4.69, 9.17) is 10.5 Å². The molecule has 0 radical (unpaired) electrons. The average Bonchev–Trinajstić information content (AvgIpc) is 2.76. The van der Waals surface area contributed by atoms with Crippen molar-refractivity contribution in [2.24, 2.45) is 0 Å². The molecular weight excluding hydrogens is 218 g/mol. The Hall–Kier alpha value is -2.30. The maximum absolute atomic E-state index is 11.1. The maximum atomic E-state index is 11.1. The molecule has 0 amide bonds. The van der Waals surface area contributed by atoms with E-state index in [1.54, 1.807) is 48.1 Å². The van der Waals surface area contributed by atoms with Crippen molar-refractivity contribution in [1.82, 2.24) is 9.78 Å². The lowest BCUT2D eigenvalue weighted by Crippen LogP contribution is -2.06. The van der Waals surface area contributed by atoms with E-state index in [2.05, 4.69) is 5.10 Å². The molecule has 0 fully saturated rings. The second kappa shape index (κ2) is 4.69. The highest BCUT2D eigenvalue weighted by Gasteiger charge is 2.04. The molecule has 0 saturated carbocycles. The quantitative estimate of drug-likeness (QED) is 0.645. The third-order valence-corrected chi connectivity index (χ3v) is 2.27. The normalized spacial score (nSPS) is 10.2. The molecule has 0 saturated heterocycles. The summed E-state index contributed by atoms with van der Waals surface area (Å²) in [5, 5.41) is 4.08. The third-order valence-electron chi connectivity index (χ3n) is 2.27. The fraction of sp³-hybridized carbons (Fsp3) is 0.167. The van der Waals surface area contributed by atoms with Gasteiger partial charge >= 0.3 is 5.97 Å². The van der Waals surface area contributed by atoms with Gasteiger partial charge in [-0.25, -0.2) is 4.68 Å². The lowest BCUT2D eigenvalue weighted by Gasteiger charge is -2.06. The van der Waals surface area contributed by atoms with Gasteiger partial charge in [-0.3, -0.25) is 4.79 Å². The molecule has 0 aliphatic heterocycles. The van der Waals surface area contributed by atoms with Crippen molar-refractivity contribution >= 4 is 11.8 Å². The van der Waals surface area contributed by atoms with E-state index in [1.807, 2.05) is 0 Å². The third kappa shape index (κ3) is 2.44. The summed E-state index contributed by atoms with van der Waals surface area (Å²) in [5.74, 6) is 0.825. The van der Waals surface area contributed by atoms with Crippen LogP contribution in [0, 0.1) is 0 Å². The minimum atomic E-state index is -0.253. The SMILES string of the molecule is CCC(=O)Oc1ccc(-n2nccc2N)cc1. The van der Waals surface area contributed by atoms with Crippen LogP contribution in [0.25, 0.3) is 5.69 Å². The molecule has 0 spiro atoms. The number of hydrogen-bond acceptors (Lipinski definition) is 4. The number of nitrogen functional groups attached to an aromatic ring is 1. The standard InChI is InChI=1S/C12H13N3O2/c1-2-12(16)17-10-5-3-9(4-6-10)15-11(13)7-8-14-15/h3-8H,2,13H2,1H3. The van der Waals surface area contributed by atoms with Crippen molar-refractivity contribution in [3.8, 4) is 11.4 Å². The van der Waals surface area contributed by atoms with Crippen LogP contribution in [0.15, 0.2) is 36.5 Å². The van der Waals surface area contributed by atoms with Crippen molar-refractivity contribution < 1.29 is 9.53 Å². The largest absolute Gasteiger partial charge is 0.427 e. The van der Waals surface area contributed by atoms with Gasteiger partial charge in [0, 0.05) is 12.5 Å². The Bertz CT molecular complexity index is 517. The van der Waals surface area contributed by atoms with E-state index in [0.29, 0.717) is 18.0 Å². The highest BCUT2D eigenvalue weighted by Crippen LogP contribution is 2.17. The molecule has 2 rings (SSSR count). The van der Waals surface area contributed by atoms with Gasteiger partial charge in [-0.2, -0.15) is 5.10 Å². The van der Waals surface area contributed by atoms with Crippen LogP contribution >= 0.6 is 0 Å². The predicted molar refractivity (Wildman–Crippen MR) is 63.9 cm³/mol. The summed E-state index contributed by atoms with van der Waals surface area (Å²) in [6.07, 6.45) is 1.98. The fourth-order valence-electron chi connectivity index (χ4n) is 1.39. The highest BCUT2D eigenvalue weighted by atomic mass is 16.5. The number of nitrogens with two attached hydrogens (primary N) is 1. The van der Waals surface area contributed by atoms with Gasteiger partial charge in [-0.15, -0.1) is 0 Å². The van der Waals surface area contributed by atoms with Gasteiger partial charge in [0.25, 0.3) is 0 Å². The molecule has 2 N–H and O–H groups in total. The minimum absolute atomic E-state index is 0.253. The summed E-state index contributed by atoms with van der Waals surface area (Å²) in [7, 11) is 0. The maximum Gasteiger partial charge on any atom is 0.310 e. The van der Waals surface area contributed by atoms with Gasteiger partial charge < -0.3 is 10.5 Å². The molecule has 0 bridgehead atoms. The first-order valence-corrected chi connectivity index (χ1v) is 5.31. The lowest BCUT2D eigenvalue weighted by atomic mass is 10.3. The summed E-state index contributed by atoms with van der Waals surface area (Å²) < 4.78 is 6.67. The first-order valence-electron chi connectivity index (χ1n) is 5.31. The van der Waals surface area contributed by atoms with E-state index in [0.717, 1.165) is 5.69 Å². The molecule has 2 aromatic rings. The number of anilines is 1. The van der Waals surface area contributed by atoms with Crippen LogP contribution in [-0.4, -0.2) is 15.7 Å². The van der Waals surface area contributed by atoms with Crippen LogP contribution in [0.1, 0.15) is 13.3 Å². The van der Waals surface area contributed by atoms with Crippen molar-refractivity contribution in [3.63, 3.8) is 0 Å². The van der Waals surface area contributed by atoms with E-state index in [-0.39, 0.29) is 5.97 Å². The van der Waals surface area contributed by atoms with Gasteiger partial charge in [0.1, 0.15) is 11.6 Å². The number of esters is 1. The Morgan fingerprint density at radius 2 is 2.06 bits per heavy atom. The molecule has 88 valence electrons. The summed E-state index contributed by atoms with van der Waals surface area (Å²) in [4.78, 5) is 11.1. The summed E-state index contributed by atoms with van der Waals surface area (Å²) in [6.45, 7) is 1.75. The molecule has 0 atom stereocenters. The number of carbonyl (C=O) groups is 1. The van der Waals surface area contributed by atoms with Crippen molar-refractivity contribution in [2.75, 3.05) is 5.73 Å². The number of aromatic nitrogens is 2. The summed E-state index contributed by atoms with van der Waals surface area (Å²) in [5.41, 5.74) is 6.55. The number of nitrogens with zero attached hydrogens (tertiary/aromatic N) is 2. The monoisotopic (exact) mass is 231 g/mol. The van der Waals surface area contributed by atoms with Crippen molar-refractivity contribution in [2.45, 2.75) is 13.3 Å². The zero-order valence-corrected chi connectivity index (χ0v) is 9.46. The number of benzene rings is 1. The van der Waals surface area contributed by atoms with Gasteiger partial charge in [-0.05, 0) is 24.3 Å². The van der Waals surface area contributed by atoms with Crippen molar-refractivity contribution in [1.29, 1.82) is 0 Å². The van der Waals surface area contributed by atoms with E-state index >= 15 is 0 Å². The van der Waals surface area contributed by atoms with Crippen molar-refractivity contribution in [3.05, 3.63) is 36.5 Å². The van der Waals surface area contributed by atoms with Crippen LogP contribution in [0.2, 0.25) is 0 Å². The highest BCUT2D eigenvalue weighted by molar-refractivity contribution is 5.72. The summed E-state index contributed by atoms with van der Waals surface area (Å²) in [6, 6.07) is 8.72. The van der Waals surface area contributed by atoms with Crippen LogP contribution in [0.5, 0.6) is 5.75 Å². The molecule has 1 aromatic carbocycles. The Morgan fingerprint density at radius 3 is 2.59 bits per heavy atom. The Labute approximate surface area is 98.8 Å². The zero-order valence-electron chi connectivity index (χ0n) is 9.46. The van der Waals surface area contributed by atoms with Gasteiger partial charge in [0.2, 0.25) is 0 Å². The Morgan fingerprint density at radius 1 is 1.35 bits per heavy atom. The number of hydrogen-bond donors (Lipinski definition) is 1. The molecular formula is C12H13N3O2.